The molecular formula is C23H25N7. The molecule has 2 heterocycles. The van der Waals surface area contributed by atoms with Crippen molar-refractivity contribution in [2.75, 3.05) is 4.90 Å². The molecule has 0 atom stereocenters. The normalized spacial score (nSPS) is 18.7. The molecule has 1 saturated carbocycles. The molecule has 7 heteroatoms. The number of aromatic nitrogens is 2. The minimum atomic E-state index is -0.417. The molecule has 1 aliphatic heterocycles. The third-order valence-electron chi connectivity index (χ3n) is 5.84. The third-order valence-corrected chi connectivity index (χ3v) is 5.84. The van der Waals surface area contributed by atoms with Crippen molar-refractivity contribution >= 4 is 40.8 Å². The number of rotatable bonds is 3. The van der Waals surface area contributed by atoms with Crippen molar-refractivity contribution < 1.29 is 0 Å². The third kappa shape index (κ3) is 3.32. The number of hydrogen-bond donors (Lipinski definition) is 3. The van der Waals surface area contributed by atoms with Gasteiger partial charge in [-0.3, -0.25) is 4.90 Å². The Hall–Kier alpha value is -3.61. The van der Waals surface area contributed by atoms with Crippen LogP contribution in [0.1, 0.15) is 43.5 Å². The molecule has 5 rings (SSSR count). The van der Waals surface area contributed by atoms with Crippen LogP contribution in [-0.4, -0.2) is 27.5 Å². The van der Waals surface area contributed by atoms with Gasteiger partial charge in [0.25, 0.3) is 0 Å². The first kappa shape index (κ1) is 18.4. The Morgan fingerprint density at radius 2 is 1.70 bits per heavy atom. The van der Waals surface area contributed by atoms with Crippen LogP contribution in [0.3, 0.4) is 0 Å². The molecule has 152 valence electrons. The summed E-state index contributed by atoms with van der Waals surface area (Å²) in [6.45, 7) is 0. The molecule has 1 aromatic heterocycles. The molecule has 0 radical (unpaired) electrons. The molecule has 3 aromatic rings. The van der Waals surface area contributed by atoms with Gasteiger partial charge in [-0.2, -0.15) is 4.99 Å². The number of anilines is 1. The zero-order valence-corrected chi connectivity index (χ0v) is 16.8. The van der Waals surface area contributed by atoms with Crippen molar-refractivity contribution in [1.82, 2.24) is 9.97 Å². The van der Waals surface area contributed by atoms with Crippen LogP contribution in [0.5, 0.6) is 0 Å². The number of para-hydroxylation sites is 2. The molecular weight excluding hydrogens is 374 g/mol. The van der Waals surface area contributed by atoms with Crippen molar-refractivity contribution in [3.63, 3.8) is 0 Å². The highest BCUT2D eigenvalue weighted by atomic mass is 15.4. The van der Waals surface area contributed by atoms with Crippen LogP contribution in [-0.2, 0) is 0 Å². The number of H-pyrrole nitrogens is 1. The van der Waals surface area contributed by atoms with Crippen LogP contribution < -0.4 is 16.4 Å². The lowest BCUT2D eigenvalue weighted by Gasteiger charge is -2.45. The average Bonchev–Trinajstić information content (AvgIpc) is 3.16. The van der Waals surface area contributed by atoms with Gasteiger partial charge in [-0.25, -0.2) is 9.98 Å². The van der Waals surface area contributed by atoms with Gasteiger partial charge in [-0.15, -0.1) is 0 Å². The lowest BCUT2D eigenvalue weighted by atomic mass is 9.87. The predicted molar refractivity (Wildman–Crippen MR) is 123 cm³/mol. The van der Waals surface area contributed by atoms with E-state index in [2.05, 4.69) is 44.1 Å². The molecule has 0 bridgehead atoms. The van der Waals surface area contributed by atoms with Crippen LogP contribution in [0.15, 0.2) is 58.5 Å². The Kier molecular flexibility index (Phi) is 4.50. The molecule has 0 saturated heterocycles. The number of benzene rings is 2. The Morgan fingerprint density at radius 3 is 2.47 bits per heavy atom. The van der Waals surface area contributed by atoms with Gasteiger partial charge in [0, 0.05) is 5.69 Å². The molecule has 2 aliphatic rings. The molecule has 0 unspecified atom stereocenters. The quantitative estimate of drug-likeness (QED) is 0.621. The highest BCUT2D eigenvalue weighted by Crippen LogP contribution is 2.39. The zero-order chi connectivity index (χ0) is 20.6. The predicted octanol–water partition coefficient (Wildman–Crippen LogP) is 3.84. The number of hydrogen-bond acceptors (Lipinski definition) is 6. The summed E-state index contributed by atoms with van der Waals surface area (Å²) in [5.41, 5.74) is 15.9. The fourth-order valence-corrected chi connectivity index (χ4v) is 4.46. The monoisotopic (exact) mass is 399 g/mol. The first-order chi connectivity index (χ1) is 14.6. The van der Waals surface area contributed by atoms with Crippen LogP contribution in [0.25, 0.3) is 23.2 Å². The van der Waals surface area contributed by atoms with E-state index in [1.54, 1.807) is 0 Å². The topological polar surface area (TPSA) is 109 Å². The smallest absolute Gasteiger partial charge is 0.220 e. The zero-order valence-electron chi connectivity index (χ0n) is 16.8. The number of nitrogens with one attached hydrogen (secondary N) is 1. The van der Waals surface area contributed by atoms with Gasteiger partial charge in [0.1, 0.15) is 11.5 Å². The van der Waals surface area contributed by atoms with E-state index < -0.39 is 5.66 Å². The summed E-state index contributed by atoms with van der Waals surface area (Å²) < 4.78 is 0. The molecule has 2 aromatic carbocycles. The largest absolute Gasteiger partial charge is 0.369 e. The number of aliphatic imine (C=N–C) groups is 2. The molecule has 1 aliphatic carbocycles. The Bertz CT molecular complexity index is 1110. The van der Waals surface area contributed by atoms with Crippen LogP contribution in [0.2, 0.25) is 0 Å². The standard InChI is InChI=1S/C23H25N7/c24-21-28-22(25)30(23(29-21)14-4-1-5-15-23)17-11-8-16(9-12-17)10-13-20-26-18-6-2-3-7-19(18)27-20/h2-3,6-13H,1,4-5,14-15H2,(H,26,27)(H4,24,25,28,29). The molecule has 5 N–H and O–H groups in total. The second-order valence-electron chi connectivity index (χ2n) is 7.88. The van der Waals surface area contributed by atoms with Gasteiger partial charge in [0.15, 0.2) is 0 Å². The molecule has 1 spiro atoms. The Balaban J connectivity index is 1.40. The van der Waals surface area contributed by atoms with E-state index >= 15 is 0 Å². The number of aromatic amines is 1. The highest BCUT2D eigenvalue weighted by Gasteiger charge is 2.42. The van der Waals surface area contributed by atoms with E-state index in [9.17, 15) is 0 Å². The SMILES string of the molecule is NC1=NC2(CCCCC2)N(c2ccc(C=Cc3nc4ccccc4[nH]3)cc2)C(N)=N1. The molecule has 0 amide bonds. The van der Waals surface area contributed by atoms with Gasteiger partial charge in [-0.05, 0) is 61.6 Å². The van der Waals surface area contributed by atoms with Gasteiger partial charge >= 0.3 is 0 Å². The molecule has 7 nitrogen and oxygen atoms in total. The molecule has 30 heavy (non-hydrogen) atoms. The maximum atomic E-state index is 6.31. The number of guanidine groups is 2. The van der Waals surface area contributed by atoms with E-state index in [1.165, 1.54) is 6.42 Å². The number of imidazole rings is 1. The highest BCUT2D eigenvalue weighted by molar-refractivity contribution is 6.05. The van der Waals surface area contributed by atoms with Crippen molar-refractivity contribution in [1.29, 1.82) is 0 Å². The lowest BCUT2D eigenvalue weighted by Crippen LogP contribution is -2.58. The minimum absolute atomic E-state index is 0.274. The van der Waals surface area contributed by atoms with Crippen molar-refractivity contribution in [2.45, 2.75) is 37.8 Å². The summed E-state index contributed by atoms with van der Waals surface area (Å²) in [7, 11) is 0. The number of fused-ring (bicyclic) bond motifs is 1. The van der Waals surface area contributed by atoms with Gasteiger partial charge in [0.05, 0.1) is 11.0 Å². The second kappa shape index (κ2) is 7.33. The van der Waals surface area contributed by atoms with Gasteiger partial charge in [-0.1, -0.05) is 36.8 Å². The summed E-state index contributed by atoms with van der Waals surface area (Å²) in [6, 6.07) is 16.3. The number of nitrogens with zero attached hydrogens (tertiary/aromatic N) is 4. The lowest BCUT2D eigenvalue weighted by molar-refractivity contribution is 0.305. The summed E-state index contributed by atoms with van der Waals surface area (Å²) in [6.07, 6.45) is 9.32. The van der Waals surface area contributed by atoms with Crippen LogP contribution >= 0.6 is 0 Å². The van der Waals surface area contributed by atoms with Crippen molar-refractivity contribution in [2.24, 2.45) is 21.5 Å². The van der Waals surface area contributed by atoms with Crippen LogP contribution in [0, 0.1) is 0 Å². The van der Waals surface area contributed by atoms with E-state index in [4.69, 9.17) is 16.5 Å². The van der Waals surface area contributed by atoms with E-state index in [-0.39, 0.29) is 5.96 Å². The second-order valence-corrected chi connectivity index (χ2v) is 7.88. The summed E-state index contributed by atoms with van der Waals surface area (Å²) in [5, 5.41) is 0. The van der Waals surface area contributed by atoms with E-state index in [1.807, 2.05) is 36.4 Å². The summed E-state index contributed by atoms with van der Waals surface area (Å²) in [5.74, 6) is 1.52. The summed E-state index contributed by atoms with van der Waals surface area (Å²) >= 11 is 0. The maximum Gasteiger partial charge on any atom is 0.220 e. The average molecular weight is 400 g/mol. The first-order valence-electron chi connectivity index (χ1n) is 10.4. The first-order valence-corrected chi connectivity index (χ1v) is 10.4. The Morgan fingerprint density at radius 1 is 0.933 bits per heavy atom. The van der Waals surface area contributed by atoms with Crippen molar-refractivity contribution in [3.8, 4) is 0 Å². The maximum absolute atomic E-state index is 6.31. The van der Waals surface area contributed by atoms with Gasteiger partial charge < -0.3 is 16.5 Å². The fourth-order valence-electron chi connectivity index (χ4n) is 4.46. The van der Waals surface area contributed by atoms with Crippen LogP contribution in [0.4, 0.5) is 5.69 Å². The molecule has 1 fully saturated rings. The van der Waals surface area contributed by atoms with Crippen molar-refractivity contribution in [3.05, 3.63) is 59.9 Å². The Labute approximate surface area is 175 Å². The van der Waals surface area contributed by atoms with E-state index in [0.717, 1.165) is 53.8 Å². The fraction of sp³-hybridized carbons (Fsp3) is 0.261. The summed E-state index contributed by atoms with van der Waals surface area (Å²) in [4.78, 5) is 18.9. The van der Waals surface area contributed by atoms with E-state index in [0.29, 0.717) is 5.96 Å². The minimum Gasteiger partial charge on any atom is -0.369 e. The van der Waals surface area contributed by atoms with Gasteiger partial charge in [0.2, 0.25) is 11.9 Å². The number of nitrogens with two attached hydrogens (primary N) is 2.